The fourth-order valence-corrected chi connectivity index (χ4v) is 5.59. The molecule has 2 aliphatic heterocycles. The molecule has 1 N–H and O–H groups in total. The number of fused-ring (bicyclic) bond motifs is 1. The average molecular weight is 580 g/mol. The minimum absolute atomic E-state index is 0.0887. The van der Waals surface area contributed by atoms with Crippen molar-refractivity contribution in [3.63, 3.8) is 0 Å². The number of carbonyl (C=O) groups excluding carboxylic acids is 2. The summed E-state index contributed by atoms with van der Waals surface area (Å²) >= 11 is 0. The smallest absolute Gasteiger partial charge is 0.262 e. The molecule has 2 aliphatic rings. The molecule has 8 nitrogen and oxygen atoms in total. The molecule has 4 aromatic carbocycles. The van der Waals surface area contributed by atoms with Crippen LogP contribution in [0.1, 0.15) is 37.4 Å². The number of carbonyl (C=O) groups is 2. The quantitative estimate of drug-likeness (QED) is 0.256. The zero-order valence-electron chi connectivity index (χ0n) is 23.5. The summed E-state index contributed by atoms with van der Waals surface area (Å²) in [5.41, 5.74) is 3.36. The van der Waals surface area contributed by atoms with Gasteiger partial charge in [-0.3, -0.25) is 14.5 Å². The third-order valence-corrected chi connectivity index (χ3v) is 7.72. The van der Waals surface area contributed by atoms with Gasteiger partial charge in [-0.25, -0.2) is 0 Å². The predicted molar refractivity (Wildman–Crippen MR) is 158 cm³/mol. The lowest BCUT2D eigenvalue weighted by atomic mass is 9.94. The second-order valence-electron chi connectivity index (χ2n) is 10.6. The highest BCUT2D eigenvalue weighted by Gasteiger charge is 2.54. The van der Waals surface area contributed by atoms with Crippen LogP contribution >= 0.6 is 0 Å². The van der Waals surface area contributed by atoms with Gasteiger partial charge < -0.3 is 24.1 Å². The Balaban J connectivity index is 1.31. The third-order valence-electron chi connectivity index (χ3n) is 7.72. The van der Waals surface area contributed by atoms with Crippen LogP contribution in [0.25, 0.3) is 0 Å². The monoisotopic (exact) mass is 579 g/mol. The highest BCUT2D eigenvalue weighted by atomic mass is 16.7. The first-order valence-electron chi connectivity index (χ1n) is 14.3. The van der Waals surface area contributed by atoms with Gasteiger partial charge in [0.2, 0.25) is 0 Å². The number of hydrogen-bond acceptors (Lipinski definition) is 7. The van der Waals surface area contributed by atoms with Crippen molar-refractivity contribution < 1.29 is 33.6 Å². The van der Waals surface area contributed by atoms with E-state index in [0.29, 0.717) is 6.61 Å². The van der Waals surface area contributed by atoms with Crippen LogP contribution in [0.4, 0.5) is 0 Å². The number of rotatable bonds is 11. The number of nitrogens with zero attached hydrogens (tertiary/aromatic N) is 1. The summed E-state index contributed by atoms with van der Waals surface area (Å²) in [5, 5.41) is 11.4. The molecular weight excluding hydrogens is 546 g/mol. The maximum Gasteiger partial charge on any atom is 0.262 e. The van der Waals surface area contributed by atoms with E-state index in [-0.39, 0.29) is 30.9 Å². The minimum atomic E-state index is -1.54. The molecule has 220 valence electrons. The van der Waals surface area contributed by atoms with Crippen molar-refractivity contribution in [3.05, 3.63) is 143 Å². The maximum atomic E-state index is 13.6. The van der Waals surface area contributed by atoms with Gasteiger partial charge in [0, 0.05) is 0 Å². The van der Waals surface area contributed by atoms with E-state index in [1.54, 1.807) is 24.3 Å². The van der Waals surface area contributed by atoms with Gasteiger partial charge in [0.05, 0.1) is 37.6 Å². The standard InChI is InChI=1S/C35H33NO7/c37-33-27-18-10-11-19-28(27)34(38)36(33)30-32(42-22-26-16-8-3-9-17-26)31(41-21-25-14-6-2-7-15-25)29(43-35(30)39)23-40-20-24-12-4-1-5-13-24/h1-19,29-32,35,39H,20-23H2/t29-,30-,31-,32-,35-/m1/s1. The number of ether oxygens (including phenoxy) is 4. The first-order valence-corrected chi connectivity index (χ1v) is 14.3. The number of benzene rings is 4. The summed E-state index contributed by atoms with van der Waals surface area (Å²) < 4.78 is 25.1. The zero-order chi connectivity index (χ0) is 29.6. The Morgan fingerprint density at radius 2 is 1.05 bits per heavy atom. The molecule has 1 saturated heterocycles. The van der Waals surface area contributed by atoms with Crippen LogP contribution in [0.5, 0.6) is 0 Å². The van der Waals surface area contributed by atoms with E-state index in [1.807, 2.05) is 91.0 Å². The van der Waals surface area contributed by atoms with Crippen molar-refractivity contribution in [2.75, 3.05) is 6.61 Å². The Morgan fingerprint density at radius 1 is 0.605 bits per heavy atom. The molecule has 0 bridgehead atoms. The molecule has 6 rings (SSSR count). The number of amides is 2. The van der Waals surface area contributed by atoms with Gasteiger partial charge in [0.25, 0.3) is 11.8 Å². The number of hydrogen-bond donors (Lipinski definition) is 1. The molecule has 0 saturated carbocycles. The molecule has 1 fully saturated rings. The van der Waals surface area contributed by atoms with Gasteiger partial charge in [-0.05, 0) is 28.8 Å². The predicted octanol–water partition coefficient (Wildman–Crippen LogP) is 4.76. The second kappa shape index (κ2) is 13.4. The Hall–Kier alpha value is -4.18. The zero-order valence-corrected chi connectivity index (χ0v) is 23.5. The van der Waals surface area contributed by atoms with Crippen molar-refractivity contribution >= 4 is 11.8 Å². The molecule has 4 aromatic rings. The lowest BCUT2D eigenvalue weighted by Gasteiger charge is -2.47. The lowest BCUT2D eigenvalue weighted by Crippen LogP contribution is -2.66. The fraction of sp³-hybridized carbons (Fsp3) is 0.257. The van der Waals surface area contributed by atoms with Crippen LogP contribution in [0.2, 0.25) is 0 Å². The van der Waals surface area contributed by atoms with Gasteiger partial charge in [0.15, 0.2) is 6.29 Å². The average Bonchev–Trinajstić information content (AvgIpc) is 3.30. The summed E-state index contributed by atoms with van der Waals surface area (Å²) in [6.45, 7) is 0.811. The second-order valence-corrected chi connectivity index (χ2v) is 10.6. The van der Waals surface area contributed by atoms with E-state index < -0.39 is 42.5 Å². The van der Waals surface area contributed by atoms with Crippen molar-refractivity contribution in [3.8, 4) is 0 Å². The van der Waals surface area contributed by atoms with Gasteiger partial charge in [0.1, 0.15) is 24.4 Å². The van der Waals surface area contributed by atoms with Crippen molar-refractivity contribution in [2.45, 2.75) is 50.5 Å². The van der Waals surface area contributed by atoms with Crippen LogP contribution in [0.15, 0.2) is 115 Å². The molecule has 0 aliphatic carbocycles. The summed E-state index contributed by atoms with van der Waals surface area (Å²) in [5.74, 6) is -1.02. The number of aliphatic hydroxyl groups is 1. The van der Waals surface area contributed by atoms with E-state index in [9.17, 15) is 14.7 Å². The first kappa shape index (κ1) is 28.9. The van der Waals surface area contributed by atoms with Gasteiger partial charge >= 0.3 is 0 Å². The Bertz CT molecular complexity index is 1480. The van der Waals surface area contributed by atoms with E-state index in [1.165, 1.54) is 0 Å². The SMILES string of the molecule is O=C1c2ccccc2C(=O)N1[C@@H]1[C@@H](OCc2ccccc2)[C@H](OCc2ccccc2)[C@@H](COCc2ccccc2)O[C@H]1O. The largest absolute Gasteiger partial charge is 0.374 e. The minimum Gasteiger partial charge on any atom is -0.374 e. The van der Waals surface area contributed by atoms with Gasteiger partial charge in [-0.2, -0.15) is 0 Å². The summed E-state index contributed by atoms with van der Waals surface area (Å²) in [4.78, 5) is 28.2. The van der Waals surface area contributed by atoms with E-state index >= 15 is 0 Å². The Morgan fingerprint density at radius 3 is 1.56 bits per heavy atom. The van der Waals surface area contributed by atoms with E-state index in [2.05, 4.69) is 0 Å². The molecular formula is C35H33NO7. The highest BCUT2D eigenvalue weighted by Crippen LogP contribution is 2.35. The van der Waals surface area contributed by atoms with Crippen LogP contribution in [-0.2, 0) is 38.8 Å². The Labute approximate surface area is 250 Å². The van der Waals surface area contributed by atoms with E-state index in [4.69, 9.17) is 18.9 Å². The normalized spacial score (nSPS) is 23.4. The Kier molecular flexibility index (Phi) is 9.02. The van der Waals surface area contributed by atoms with E-state index in [0.717, 1.165) is 21.6 Å². The van der Waals surface area contributed by atoms with Crippen molar-refractivity contribution in [1.29, 1.82) is 0 Å². The number of aliphatic hydroxyl groups excluding tert-OH is 1. The van der Waals surface area contributed by atoms with Crippen LogP contribution in [0, 0.1) is 0 Å². The van der Waals surface area contributed by atoms with Gasteiger partial charge in [-0.15, -0.1) is 0 Å². The van der Waals surface area contributed by atoms with Crippen molar-refractivity contribution in [2.24, 2.45) is 0 Å². The molecule has 0 spiro atoms. The van der Waals surface area contributed by atoms with Crippen molar-refractivity contribution in [1.82, 2.24) is 4.90 Å². The summed E-state index contributed by atoms with van der Waals surface area (Å²) in [7, 11) is 0. The molecule has 2 amide bonds. The fourth-order valence-electron chi connectivity index (χ4n) is 5.59. The lowest BCUT2D eigenvalue weighted by molar-refractivity contribution is -0.286. The molecule has 0 radical (unpaired) electrons. The first-order chi connectivity index (χ1) is 21.1. The molecule has 43 heavy (non-hydrogen) atoms. The third kappa shape index (κ3) is 6.44. The molecule has 0 unspecified atom stereocenters. The number of imide groups is 1. The summed E-state index contributed by atoms with van der Waals surface area (Å²) in [6.07, 6.45) is -4.02. The molecule has 8 heteroatoms. The maximum absolute atomic E-state index is 13.6. The molecule has 2 heterocycles. The van der Waals surface area contributed by atoms with Crippen LogP contribution in [-0.4, -0.2) is 59.1 Å². The van der Waals surface area contributed by atoms with Gasteiger partial charge in [-0.1, -0.05) is 103 Å². The highest BCUT2D eigenvalue weighted by molar-refractivity contribution is 6.21. The summed E-state index contributed by atoms with van der Waals surface area (Å²) in [6, 6.07) is 34.4. The van der Waals surface area contributed by atoms with Crippen LogP contribution in [0.3, 0.4) is 0 Å². The topological polar surface area (TPSA) is 94.5 Å². The molecule has 0 aromatic heterocycles. The van der Waals surface area contributed by atoms with Crippen LogP contribution < -0.4 is 0 Å². The molecule has 5 atom stereocenters.